The lowest BCUT2D eigenvalue weighted by Gasteiger charge is -2.30. The quantitative estimate of drug-likeness (QED) is 0.642. The van der Waals surface area contributed by atoms with Gasteiger partial charge in [0.2, 0.25) is 5.91 Å². The number of hydrogen-bond donors (Lipinski definition) is 0. The van der Waals surface area contributed by atoms with Crippen molar-refractivity contribution in [3.8, 4) is 10.8 Å². The van der Waals surface area contributed by atoms with E-state index in [4.69, 9.17) is 4.42 Å². The molecule has 0 spiro atoms. The third-order valence-corrected chi connectivity index (χ3v) is 6.20. The van der Waals surface area contributed by atoms with E-state index in [0.29, 0.717) is 5.92 Å². The van der Waals surface area contributed by atoms with Crippen molar-refractivity contribution in [2.75, 3.05) is 13.1 Å². The summed E-state index contributed by atoms with van der Waals surface area (Å²) in [6.07, 6.45) is 7.05. The van der Waals surface area contributed by atoms with Crippen LogP contribution in [0.15, 0.2) is 46.4 Å². The van der Waals surface area contributed by atoms with Crippen molar-refractivity contribution in [3.05, 3.63) is 51.9 Å². The fourth-order valence-corrected chi connectivity index (χ4v) is 4.49. The largest absolute Gasteiger partial charge is 0.462 e. The molecule has 1 amide bonds. The average Bonchev–Trinajstić information content (AvgIpc) is 3.42. The smallest absolute Gasteiger partial charge is 0.246 e. The van der Waals surface area contributed by atoms with Crippen LogP contribution in [0.1, 0.15) is 28.6 Å². The van der Waals surface area contributed by atoms with Gasteiger partial charge in [0, 0.05) is 30.0 Å². The van der Waals surface area contributed by atoms with Gasteiger partial charge in [-0.15, -0.1) is 21.5 Å². The van der Waals surface area contributed by atoms with Crippen LogP contribution >= 0.6 is 22.7 Å². The van der Waals surface area contributed by atoms with Crippen LogP contribution in [0.4, 0.5) is 0 Å². The van der Waals surface area contributed by atoms with Crippen LogP contribution in [0.3, 0.4) is 0 Å². The fraction of sp³-hybridized carbons (Fsp3) is 0.278. The number of nitrogens with zero attached hydrogens (tertiary/aromatic N) is 3. The summed E-state index contributed by atoms with van der Waals surface area (Å²) in [5.41, 5.74) is 0. The summed E-state index contributed by atoms with van der Waals surface area (Å²) in [5.74, 6) is 1.21. The maximum absolute atomic E-state index is 12.3. The van der Waals surface area contributed by atoms with E-state index < -0.39 is 0 Å². The Bertz CT molecular complexity index is 845. The Morgan fingerprint density at radius 3 is 2.84 bits per heavy atom. The van der Waals surface area contributed by atoms with Gasteiger partial charge in [-0.25, -0.2) is 0 Å². The van der Waals surface area contributed by atoms with Gasteiger partial charge in [-0.1, -0.05) is 17.4 Å². The zero-order valence-corrected chi connectivity index (χ0v) is 15.1. The van der Waals surface area contributed by atoms with Crippen LogP contribution in [0.2, 0.25) is 0 Å². The molecule has 3 aromatic heterocycles. The van der Waals surface area contributed by atoms with E-state index in [9.17, 15) is 4.79 Å². The molecule has 128 valence electrons. The minimum atomic E-state index is 0.0837. The molecule has 7 heteroatoms. The zero-order chi connectivity index (χ0) is 17.1. The number of amides is 1. The molecule has 0 radical (unpaired) electrons. The van der Waals surface area contributed by atoms with Gasteiger partial charge in [0.15, 0.2) is 10.8 Å². The van der Waals surface area contributed by atoms with Crippen LogP contribution in [0, 0.1) is 0 Å². The molecule has 25 heavy (non-hydrogen) atoms. The highest BCUT2D eigenvalue weighted by molar-refractivity contribution is 7.14. The highest BCUT2D eigenvalue weighted by atomic mass is 32.1. The molecule has 0 N–H and O–H groups in total. The van der Waals surface area contributed by atoms with Crippen LogP contribution < -0.4 is 0 Å². The van der Waals surface area contributed by atoms with E-state index in [1.807, 2.05) is 40.6 Å². The third kappa shape index (κ3) is 3.72. The molecule has 0 aliphatic carbocycles. The number of likely N-dealkylation sites (tertiary alicyclic amines) is 1. The first kappa shape index (κ1) is 16.2. The molecule has 4 rings (SSSR count). The molecule has 0 unspecified atom stereocenters. The van der Waals surface area contributed by atoms with Crippen molar-refractivity contribution in [2.24, 2.45) is 0 Å². The monoisotopic (exact) mass is 371 g/mol. The van der Waals surface area contributed by atoms with Gasteiger partial charge in [0.1, 0.15) is 5.01 Å². The third-order valence-electron chi connectivity index (χ3n) is 4.26. The Morgan fingerprint density at radius 1 is 1.24 bits per heavy atom. The lowest BCUT2D eigenvalue weighted by atomic mass is 9.97. The highest BCUT2D eigenvalue weighted by Gasteiger charge is 2.25. The second-order valence-electron chi connectivity index (χ2n) is 5.87. The molecule has 0 atom stereocenters. The number of hydrogen-bond acceptors (Lipinski definition) is 6. The number of carbonyl (C=O) groups excluding carboxylic acids is 1. The first-order valence-electron chi connectivity index (χ1n) is 8.17. The molecule has 5 nitrogen and oxygen atoms in total. The summed E-state index contributed by atoms with van der Waals surface area (Å²) in [6, 6.07) is 7.74. The van der Waals surface area contributed by atoms with E-state index in [0.717, 1.165) is 46.6 Å². The van der Waals surface area contributed by atoms with E-state index in [1.54, 1.807) is 35.0 Å². The van der Waals surface area contributed by atoms with Gasteiger partial charge in [0.25, 0.3) is 0 Å². The summed E-state index contributed by atoms with van der Waals surface area (Å²) in [4.78, 5) is 15.3. The second-order valence-corrected chi connectivity index (χ2v) is 7.86. The van der Waals surface area contributed by atoms with Gasteiger partial charge in [-0.05, 0) is 42.5 Å². The minimum Gasteiger partial charge on any atom is -0.462 e. The highest BCUT2D eigenvalue weighted by Crippen LogP contribution is 2.33. The number of rotatable bonds is 4. The average molecular weight is 371 g/mol. The number of carbonyl (C=O) groups is 1. The fourth-order valence-electron chi connectivity index (χ4n) is 2.89. The lowest BCUT2D eigenvalue weighted by molar-refractivity contribution is -0.126. The summed E-state index contributed by atoms with van der Waals surface area (Å²) >= 11 is 3.21. The number of thiophene rings is 1. The van der Waals surface area contributed by atoms with E-state index in [2.05, 4.69) is 10.2 Å². The van der Waals surface area contributed by atoms with Crippen molar-refractivity contribution in [1.82, 2.24) is 15.1 Å². The predicted molar refractivity (Wildman–Crippen MR) is 99.5 cm³/mol. The van der Waals surface area contributed by atoms with E-state index >= 15 is 0 Å². The Balaban J connectivity index is 1.34. The normalized spacial score (nSPS) is 15.9. The molecular formula is C18H17N3O2S2. The SMILES string of the molecule is O=C(/C=C/c1cccs1)N1CCC(c2nnc(-c3ccco3)s2)CC1. The number of furan rings is 1. The maximum atomic E-state index is 12.3. The van der Waals surface area contributed by atoms with Gasteiger partial charge >= 0.3 is 0 Å². The molecule has 0 saturated carbocycles. The summed E-state index contributed by atoms with van der Waals surface area (Å²) in [5, 5.41) is 12.4. The van der Waals surface area contributed by atoms with Gasteiger partial charge in [-0.3, -0.25) is 4.79 Å². The molecule has 0 aromatic carbocycles. The molecule has 1 fully saturated rings. The molecule has 3 aromatic rings. The Kier molecular flexibility index (Phi) is 4.76. The lowest BCUT2D eigenvalue weighted by Crippen LogP contribution is -2.36. The molecule has 1 aliphatic heterocycles. The molecular weight excluding hydrogens is 354 g/mol. The summed E-state index contributed by atoms with van der Waals surface area (Å²) < 4.78 is 5.37. The zero-order valence-electron chi connectivity index (χ0n) is 13.5. The maximum Gasteiger partial charge on any atom is 0.246 e. The van der Waals surface area contributed by atoms with Crippen LogP contribution in [0.5, 0.6) is 0 Å². The molecule has 4 heterocycles. The minimum absolute atomic E-state index is 0.0837. The van der Waals surface area contributed by atoms with Crippen LogP contribution in [-0.4, -0.2) is 34.1 Å². The molecule has 0 bridgehead atoms. The Hall–Kier alpha value is -2.25. The predicted octanol–water partition coefficient (Wildman–Crippen LogP) is 4.28. The van der Waals surface area contributed by atoms with Crippen molar-refractivity contribution < 1.29 is 9.21 Å². The van der Waals surface area contributed by atoms with Crippen molar-refractivity contribution in [1.29, 1.82) is 0 Å². The number of piperidine rings is 1. The van der Waals surface area contributed by atoms with Gasteiger partial charge in [-0.2, -0.15) is 0 Å². The van der Waals surface area contributed by atoms with Crippen molar-refractivity contribution in [3.63, 3.8) is 0 Å². The topological polar surface area (TPSA) is 59.2 Å². The first-order chi connectivity index (χ1) is 12.3. The van der Waals surface area contributed by atoms with Crippen LogP contribution in [-0.2, 0) is 4.79 Å². The Morgan fingerprint density at radius 2 is 2.12 bits per heavy atom. The van der Waals surface area contributed by atoms with E-state index in [1.165, 1.54) is 0 Å². The second kappa shape index (κ2) is 7.33. The standard InChI is InChI=1S/C18H17N3O2S2/c22-16(6-5-14-3-2-12-24-14)21-9-7-13(8-10-21)17-19-20-18(25-17)15-4-1-11-23-15/h1-6,11-13H,7-10H2/b6-5+. The molecule has 1 aliphatic rings. The van der Waals surface area contributed by atoms with Gasteiger partial charge in [0.05, 0.1) is 6.26 Å². The van der Waals surface area contributed by atoms with Crippen LogP contribution in [0.25, 0.3) is 16.8 Å². The Labute approximate surface area is 153 Å². The summed E-state index contributed by atoms with van der Waals surface area (Å²) in [6.45, 7) is 1.52. The van der Waals surface area contributed by atoms with Crippen molar-refractivity contribution >= 4 is 34.7 Å². The summed E-state index contributed by atoms with van der Waals surface area (Å²) in [7, 11) is 0. The van der Waals surface area contributed by atoms with E-state index in [-0.39, 0.29) is 5.91 Å². The molecule has 1 saturated heterocycles. The number of aromatic nitrogens is 2. The van der Waals surface area contributed by atoms with Crippen molar-refractivity contribution in [2.45, 2.75) is 18.8 Å². The first-order valence-corrected chi connectivity index (χ1v) is 9.87. The van der Waals surface area contributed by atoms with Gasteiger partial charge < -0.3 is 9.32 Å².